The molecular formula is C11H13BrN2O2S. The second-order valence-corrected chi connectivity index (χ2v) is 5.71. The number of carbonyl (C=O) groups excluding carboxylic acids is 2. The van der Waals surface area contributed by atoms with E-state index in [-0.39, 0.29) is 24.4 Å². The Balaban J connectivity index is 2.19. The molecule has 0 bridgehead atoms. The Labute approximate surface area is 112 Å². The lowest BCUT2D eigenvalue weighted by molar-refractivity contribution is -0.146. The van der Waals surface area contributed by atoms with E-state index in [1.165, 1.54) is 0 Å². The number of nitrogens with one attached hydrogen (secondary N) is 1. The van der Waals surface area contributed by atoms with Crippen molar-refractivity contribution in [2.24, 2.45) is 0 Å². The van der Waals surface area contributed by atoms with Crippen LogP contribution in [0.1, 0.15) is 18.2 Å². The SMILES string of the molecule is CCC1C(=O)NCC(=O)N1Cc1sccc1Br. The maximum atomic E-state index is 11.8. The van der Waals surface area contributed by atoms with Gasteiger partial charge in [-0.1, -0.05) is 6.92 Å². The lowest BCUT2D eigenvalue weighted by Crippen LogP contribution is -2.57. The maximum absolute atomic E-state index is 11.8. The van der Waals surface area contributed by atoms with Crippen LogP contribution in [0.15, 0.2) is 15.9 Å². The highest BCUT2D eigenvalue weighted by Crippen LogP contribution is 2.26. The van der Waals surface area contributed by atoms with Gasteiger partial charge in [-0.3, -0.25) is 9.59 Å². The molecule has 2 amide bonds. The number of thiophene rings is 1. The Morgan fingerprint density at radius 1 is 1.59 bits per heavy atom. The molecule has 1 N–H and O–H groups in total. The van der Waals surface area contributed by atoms with Crippen LogP contribution in [0.25, 0.3) is 0 Å². The molecule has 0 radical (unpaired) electrons. The highest BCUT2D eigenvalue weighted by atomic mass is 79.9. The van der Waals surface area contributed by atoms with Crippen LogP contribution < -0.4 is 5.32 Å². The van der Waals surface area contributed by atoms with Gasteiger partial charge in [0.05, 0.1) is 13.1 Å². The van der Waals surface area contributed by atoms with Crippen LogP contribution in [0.5, 0.6) is 0 Å². The lowest BCUT2D eigenvalue weighted by atomic mass is 10.1. The minimum Gasteiger partial charge on any atom is -0.345 e. The Bertz CT molecular complexity index is 446. The first-order valence-corrected chi connectivity index (χ1v) is 7.09. The van der Waals surface area contributed by atoms with E-state index in [9.17, 15) is 9.59 Å². The third kappa shape index (κ3) is 2.52. The molecule has 0 spiro atoms. The quantitative estimate of drug-likeness (QED) is 0.923. The van der Waals surface area contributed by atoms with Gasteiger partial charge in [0.25, 0.3) is 0 Å². The summed E-state index contributed by atoms with van der Waals surface area (Å²) >= 11 is 5.03. The van der Waals surface area contributed by atoms with Crippen molar-refractivity contribution in [2.75, 3.05) is 6.54 Å². The number of nitrogens with zero attached hydrogens (tertiary/aromatic N) is 1. The van der Waals surface area contributed by atoms with Crippen LogP contribution in [0.3, 0.4) is 0 Å². The zero-order valence-electron chi connectivity index (χ0n) is 9.40. The van der Waals surface area contributed by atoms with Crippen LogP contribution in [0, 0.1) is 0 Å². The molecule has 0 saturated carbocycles. The first-order valence-electron chi connectivity index (χ1n) is 5.42. The summed E-state index contributed by atoms with van der Waals surface area (Å²) in [7, 11) is 0. The van der Waals surface area contributed by atoms with E-state index in [4.69, 9.17) is 0 Å². The average molecular weight is 317 g/mol. The Morgan fingerprint density at radius 2 is 2.35 bits per heavy atom. The molecule has 1 atom stereocenters. The predicted octanol–water partition coefficient (Wildman–Crippen LogP) is 1.75. The minimum absolute atomic E-state index is 0.0169. The number of amides is 2. The third-order valence-corrected chi connectivity index (χ3v) is 4.72. The van der Waals surface area contributed by atoms with E-state index in [1.54, 1.807) is 16.2 Å². The number of hydrogen-bond acceptors (Lipinski definition) is 3. The second-order valence-electron chi connectivity index (χ2n) is 3.86. The van der Waals surface area contributed by atoms with E-state index >= 15 is 0 Å². The monoisotopic (exact) mass is 316 g/mol. The Morgan fingerprint density at radius 3 is 2.94 bits per heavy atom. The number of carbonyl (C=O) groups is 2. The zero-order valence-corrected chi connectivity index (χ0v) is 11.8. The van der Waals surface area contributed by atoms with E-state index in [0.29, 0.717) is 13.0 Å². The molecule has 1 aromatic rings. The normalized spacial score (nSPS) is 20.6. The van der Waals surface area contributed by atoms with Crippen LogP contribution >= 0.6 is 27.3 Å². The van der Waals surface area contributed by atoms with Crippen molar-refractivity contribution >= 4 is 39.1 Å². The van der Waals surface area contributed by atoms with Crippen molar-refractivity contribution in [2.45, 2.75) is 25.9 Å². The number of hydrogen-bond donors (Lipinski definition) is 1. The highest BCUT2D eigenvalue weighted by molar-refractivity contribution is 9.10. The van der Waals surface area contributed by atoms with Crippen molar-refractivity contribution in [1.82, 2.24) is 10.2 Å². The van der Waals surface area contributed by atoms with E-state index in [2.05, 4.69) is 21.2 Å². The van der Waals surface area contributed by atoms with Crippen molar-refractivity contribution in [1.29, 1.82) is 0 Å². The number of rotatable bonds is 3. The topological polar surface area (TPSA) is 49.4 Å². The summed E-state index contributed by atoms with van der Waals surface area (Å²) in [4.78, 5) is 26.3. The summed E-state index contributed by atoms with van der Waals surface area (Å²) in [5.41, 5.74) is 0. The first kappa shape index (κ1) is 12.6. The van der Waals surface area contributed by atoms with Gasteiger partial charge >= 0.3 is 0 Å². The molecule has 1 saturated heterocycles. The average Bonchev–Trinajstić information content (AvgIpc) is 2.70. The van der Waals surface area contributed by atoms with Crippen LogP contribution in [0.2, 0.25) is 0 Å². The summed E-state index contributed by atoms with van der Waals surface area (Å²) in [6.07, 6.45) is 0.639. The van der Waals surface area contributed by atoms with Crippen LogP contribution in [0.4, 0.5) is 0 Å². The van der Waals surface area contributed by atoms with Gasteiger partial charge in [0.1, 0.15) is 6.04 Å². The molecule has 1 fully saturated rings. The van der Waals surface area contributed by atoms with Gasteiger partial charge in [-0.2, -0.15) is 0 Å². The molecule has 1 aromatic heterocycles. The number of piperazine rings is 1. The van der Waals surface area contributed by atoms with Crippen molar-refractivity contribution in [3.8, 4) is 0 Å². The Hall–Kier alpha value is -0.880. The maximum Gasteiger partial charge on any atom is 0.243 e. The molecule has 2 rings (SSSR count). The van der Waals surface area contributed by atoms with Crippen molar-refractivity contribution in [3.05, 3.63) is 20.8 Å². The molecular weight excluding hydrogens is 304 g/mol. The molecule has 17 heavy (non-hydrogen) atoms. The van der Waals surface area contributed by atoms with Gasteiger partial charge in [-0.25, -0.2) is 0 Å². The first-order chi connectivity index (χ1) is 8.13. The van der Waals surface area contributed by atoms with Crippen LogP contribution in [-0.2, 0) is 16.1 Å². The van der Waals surface area contributed by atoms with Gasteiger partial charge < -0.3 is 10.2 Å². The van der Waals surface area contributed by atoms with Crippen LogP contribution in [-0.4, -0.2) is 29.3 Å². The molecule has 6 heteroatoms. The molecule has 0 aliphatic carbocycles. The Kier molecular flexibility index (Phi) is 3.83. The third-order valence-electron chi connectivity index (χ3n) is 2.80. The highest BCUT2D eigenvalue weighted by Gasteiger charge is 2.33. The summed E-state index contributed by atoms with van der Waals surface area (Å²) in [5.74, 6) is -0.0727. The molecule has 1 unspecified atom stereocenters. The summed E-state index contributed by atoms with van der Waals surface area (Å²) in [6.45, 7) is 2.53. The van der Waals surface area contributed by atoms with Gasteiger partial charge in [0.15, 0.2) is 0 Å². The molecule has 4 nitrogen and oxygen atoms in total. The summed E-state index contributed by atoms with van der Waals surface area (Å²) in [5, 5.41) is 4.59. The zero-order chi connectivity index (χ0) is 12.4. The lowest BCUT2D eigenvalue weighted by Gasteiger charge is -2.34. The summed E-state index contributed by atoms with van der Waals surface area (Å²) in [6, 6.07) is 1.61. The van der Waals surface area contributed by atoms with E-state index < -0.39 is 0 Å². The smallest absolute Gasteiger partial charge is 0.243 e. The fourth-order valence-electron chi connectivity index (χ4n) is 1.89. The number of halogens is 1. The minimum atomic E-state index is -0.342. The van der Waals surface area contributed by atoms with E-state index in [0.717, 1.165) is 9.35 Å². The summed E-state index contributed by atoms with van der Waals surface area (Å²) < 4.78 is 0.996. The standard InChI is InChI=1S/C11H13BrN2O2S/c1-2-8-11(16)13-5-10(15)14(8)6-9-7(12)3-4-17-9/h3-4,8H,2,5-6H2,1H3,(H,13,16). The second kappa shape index (κ2) is 5.18. The fraction of sp³-hybridized carbons (Fsp3) is 0.455. The van der Waals surface area contributed by atoms with Crippen molar-refractivity contribution < 1.29 is 9.59 Å². The molecule has 0 aromatic carbocycles. The predicted molar refractivity (Wildman–Crippen MR) is 69.7 cm³/mol. The van der Waals surface area contributed by atoms with Gasteiger partial charge in [0, 0.05) is 9.35 Å². The molecule has 2 heterocycles. The van der Waals surface area contributed by atoms with E-state index in [1.807, 2.05) is 18.4 Å². The fourth-order valence-corrected chi connectivity index (χ4v) is 3.37. The van der Waals surface area contributed by atoms with Gasteiger partial charge in [0.2, 0.25) is 11.8 Å². The van der Waals surface area contributed by atoms with Gasteiger partial charge in [-0.15, -0.1) is 11.3 Å². The molecule has 1 aliphatic heterocycles. The van der Waals surface area contributed by atoms with Gasteiger partial charge in [-0.05, 0) is 33.8 Å². The van der Waals surface area contributed by atoms with Crippen molar-refractivity contribution in [3.63, 3.8) is 0 Å². The molecule has 92 valence electrons. The largest absolute Gasteiger partial charge is 0.345 e. The molecule has 1 aliphatic rings.